The first-order valence-corrected chi connectivity index (χ1v) is 6.51. The van der Waals surface area contributed by atoms with Gasteiger partial charge >= 0.3 is 0 Å². The molecule has 0 saturated carbocycles. The van der Waals surface area contributed by atoms with Crippen molar-refractivity contribution in [3.8, 4) is 0 Å². The highest BCUT2D eigenvalue weighted by atomic mass is 127. The molecule has 0 saturated heterocycles. The minimum atomic E-state index is 0.771. The van der Waals surface area contributed by atoms with Crippen LogP contribution in [0.2, 0.25) is 0 Å². The molecular weight excluding hydrogens is 325 g/mol. The highest BCUT2D eigenvalue weighted by Gasteiger charge is 2.04. The molecule has 1 aromatic heterocycles. The molecule has 0 aliphatic heterocycles. The van der Waals surface area contributed by atoms with Crippen molar-refractivity contribution >= 4 is 28.4 Å². The van der Waals surface area contributed by atoms with Gasteiger partial charge in [-0.2, -0.15) is 0 Å². The molecule has 0 radical (unpaired) electrons. The molecule has 1 heterocycles. The van der Waals surface area contributed by atoms with Crippen LogP contribution in [0.25, 0.3) is 0 Å². The Bertz CT molecular complexity index is 526. The normalized spacial score (nSPS) is 10.3. The number of aryl methyl sites for hydroxylation is 1. The Morgan fingerprint density at radius 3 is 2.88 bits per heavy atom. The third-order valence-electron chi connectivity index (χ3n) is 2.48. The van der Waals surface area contributed by atoms with E-state index in [0.29, 0.717) is 0 Å². The average molecular weight is 339 g/mol. The van der Waals surface area contributed by atoms with E-state index in [9.17, 15) is 0 Å². The van der Waals surface area contributed by atoms with Gasteiger partial charge in [-0.1, -0.05) is 29.8 Å². The molecule has 0 atom stereocenters. The lowest BCUT2D eigenvalue weighted by molar-refractivity contribution is 0.961. The molecule has 0 aliphatic rings. The summed E-state index contributed by atoms with van der Waals surface area (Å²) in [6.07, 6.45) is 2.62. The Labute approximate surface area is 115 Å². The molecular formula is C13H14IN3. The van der Waals surface area contributed by atoms with E-state index in [2.05, 4.69) is 69.1 Å². The number of nitrogens with one attached hydrogen (secondary N) is 1. The number of benzene rings is 1. The monoisotopic (exact) mass is 339 g/mol. The summed E-state index contributed by atoms with van der Waals surface area (Å²) < 4.78 is 1.04. The van der Waals surface area contributed by atoms with Gasteiger partial charge in [0, 0.05) is 19.7 Å². The second-order valence-corrected chi connectivity index (χ2v) is 5.06. The Kier molecular flexibility index (Phi) is 3.93. The Balaban J connectivity index is 2.24. The average Bonchev–Trinajstić information content (AvgIpc) is 2.32. The summed E-state index contributed by atoms with van der Waals surface area (Å²) in [4.78, 5) is 8.84. The standard InChI is InChI=1S/C13H14IN3/c1-9-4-3-5-10(6-9)7-12-16-8-11(14)13(15-2)17-12/h3-6,8H,7H2,1-2H3,(H,15,16,17). The number of rotatable bonds is 3. The van der Waals surface area contributed by atoms with Crippen molar-refractivity contribution in [2.24, 2.45) is 0 Å². The first kappa shape index (κ1) is 12.3. The summed E-state index contributed by atoms with van der Waals surface area (Å²) in [6, 6.07) is 8.43. The third-order valence-corrected chi connectivity index (χ3v) is 3.26. The Morgan fingerprint density at radius 2 is 2.18 bits per heavy atom. The number of anilines is 1. The Morgan fingerprint density at radius 1 is 1.35 bits per heavy atom. The molecule has 17 heavy (non-hydrogen) atoms. The summed E-state index contributed by atoms with van der Waals surface area (Å²) >= 11 is 2.23. The van der Waals surface area contributed by atoms with Crippen LogP contribution in [0.1, 0.15) is 17.0 Å². The topological polar surface area (TPSA) is 37.8 Å². The highest BCUT2D eigenvalue weighted by Crippen LogP contribution is 2.15. The van der Waals surface area contributed by atoms with Crippen molar-refractivity contribution < 1.29 is 0 Å². The van der Waals surface area contributed by atoms with Gasteiger partial charge < -0.3 is 5.32 Å². The lowest BCUT2D eigenvalue weighted by Gasteiger charge is -2.06. The molecule has 2 rings (SSSR count). The van der Waals surface area contributed by atoms with Crippen molar-refractivity contribution in [1.29, 1.82) is 0 Å². The second-order valence-electron chi connectivity index (χ2n) is 3.90. The lowest BCUT2D eigenvalue weighted by atomic mass is 10.1. The molecule has 0 spiro atoms. The van der Waals surface area contributed by atoms with Crippen molar-refractivity contribution in [3.05, 3.63) is 51.0 Å². The predicted molar refractivity (Wildman–Crippen MR) is 78.3 cm³/mol. The van der Waals surface area contributed by atoms with Gasteiger partial charge in [0.1, 0.15) is 11.6 Å². The van der Waals surface area contributed by atoms with Crippen LogP contribution in [0.5, 0.6) is 0 Å². The minimum absolute atomic E-state index is 0.771. The van der Waals surface area contributed by atoms with E-state index in [0.717, 1.165) is 21.6 Å². The molecule has 3 nitrogen and oxygen atoms in total. The molecule has 0 bridgehead atoms. The lowest BCUT2D eigenvalue weighted by Crippen LogP contribution is -2.03. The fraction of sp³-hybridized carbons (Fsp3) is 0.231. The van der Waals surface area contributed by atoms with E-state index in [1.165, 1.54) is 11.1 Å². The largest absolute Gasteiger partial charge is 0.372 e. The molecule has 1 aromatic carbocycles. The van der Waals surface area contributed by atoms with E-state index >= 15 is 0 Å². The first-order valence-electron chi connectivity index (χ1n) is 5.44. The van der Waals surface area contributed by atoms with Crippen LogP contribution in [0.15, 0.2) is 30.5 Å². The molecule has 0 amide bonds. The molecule has 1 N–H and O–H groups in total. The predicted octanol–water partition coefficient (Wildman–Crippen LogP) is 3.02. The van der Waals surface area contributed by atoms with Crippen LogP contribution >= 0.6 is 22.6 Å². The van der Waals surface area contributed by atoms with Gasteiger partial charge in [-0.05, 0) is 35.1 Å². The number of nitrogens with zero attached hydrogens (tertiary/aromatic N) is 2. The number of hydrogen-bond donors (Lipinski definition) is 1. The van der Waals surface area contributed by atoms with Gasteiger partial charge in [0.2, 0.25) is 0 Å². The van der Waals surface area contributed by atoms with Crippen molar-refractivity contribution in [2.75, 3.05) is 12.4 Å². The molecule has 0 aliphatic carbocycles. The summed E-state index contributed by atoms with van der Waals surface area (Å²) in [7, 11) is 1.88. The maximum atomic E-state index is 4.49. The van der Waals surface area contributed by atoms with Gasteiger partial charge in [0.25, 0.3) is 0 Å². The number of aromatic nitrogens is 2. The van der Waals surface area contributed by atoms with Crippen LogP contribution < -0.4 is 5.32 Å². The number of halogens is 1. The third kappa shape index (κ3) is 3.15. The fourth-order valence-corrected chi connectivity index (χ4v) is 2.20. The van der Waals surface area contributed by atoms with E-state index in [-0.39, 0.29) is 0 Å². The maximum absolute atomic E-state index is 4.49. The minimum Gasteiger partial charge on any atom is -0.372 e. The summed E-state index contributed by atoms with van der Waals surface area (Å²) in [5.74, 6) is 1.74. The highest BCUT2D eigenvalue weighted by molar-refractivity contribution is 14.1. The smallest absolute Gasteiger partial charge is 0.142 e. The van der Waals surface area contributed by atoms with Gasteiger partial charge in [0.15, 0.2) is 0 Å². The van der Waals surface area contributed by atoms with Crippen LogP contribution in [0.3, 0.4) is 0 Å². The number of hydrogen-bond acceptors (Lipinski definition) is 3. The summed E-state index contributed by atoms with van der Waals surface area (Å²) in [5.41, 5.74) is 2.51. The van der Waals surface area contributed by atoms with Gasteiger partial charge in [-0.25, -0.2) is 9.97 Å². The molecule has 2 aromatic rings. The van der Waals surface area contributed by atoms with Crippen LogP contribution in [0.4, 0.5) is 5.82 Å². The molecule has 0 fully saturated rings. The quantitative estimate of drug-likeness (QED) is 0.874. The SMILES string of the molecule is CNc1nc(Cc2cccc(C)c2)ncc1I. The first-order chi connectivity index (χ1) is 8.19. The van der Waals surface area contributed by atoms with Gasteiger partial charge in [0.05, 0.1) is 3.57 Å². The zero-order valence-electron chi connectivity index (χ0n) is 9.87. The van der Waals surface area contributed by atoms with Gasteiger partial charge in [-0.3, -0.25) is 0 Å². The molecule has 4 heteroatoms. The summed E-state index contributed by atoms with van der Waals surface area (Å²) in [6.45, 7) is 2.09. The fourth-order valence-electron chi connectivity index (χ4n) is 1.67. The van der Waals surface area contributed by atoms with Gasteiger partial charge in [-0.15, -0.1) is 0 Å². The van der Waals surface area contributed by atoms with Crippen LogP contribution in [-0.2, 0) is 6.42 Å². The molecule has 88 valence electrons. The maximum Gasteiger partial charge on any atom is 0.142 e. The summed E-state index contributed by atoms with van der Waals surface area (Å²) in [5, 5.41) is 3.07. The van der Waals surface area contributed by atoms with Crippen molar-refractivity contribution in [2.45, 2.75) is 13.3 Å². The zero-order valence-corrected chi connectivity index (χ0v) is 12.0. The van der Waals surface area contributed by atoms with Crippen LogP contribution in [0, 0.1) is 10.5 Å². The van der Waals surface area contributed by atoms with Crippen molar-refractivity contribution in [3.63, 3.8) is 0 Å². The molecule has 0 unspecified atom stereocenters. The zero-order chi connectivity index (χ0) is 12.3. The van der Waals surface area contributed by atoms with Crippen LogP contribution in [-0.4, -0.2) is 17.0 Å². The van der Waals surface area contributed by atoms with E-state index < -0.39 is 0 Å². The second kappa shape index (κ2) is 5.44. The van der Waals surface area contributed by atoms with E-state index in [1.54, 1.807) is 0 Å². The van der Waals surface area contributed by atoms with E-state index in [1.807, 2.05) is 13.2 Å². The van der Waals surface area contributed by atoms with E-state index in [4.69, 9.17) is 0 Å². The Hall–Kier alpha value is -1.17. The van der Waals surface area contributed by atoms with Crippen molar-refractivity contribution in [1.82, 2.24) is 9.97 Å².